The Hall–Kier alpha value is -13.5. The number of hydrogen-bond donors (Lipinski definition) is 34. The predicted molar refractivity (Wildman–Crippen MR) is 505 cm³/mol. The number of H-pyrrole nitrogens is 1. The normalized spacial score (nSPS) is 19.8. The maximum absolute atomic E-state index is 15.9. The molecule has 13 amide bonds. The van der Waals surface area contributed by atoms with E-state index in [1.807, 2.05) is 0 Å². The number of aromatic hydroxyl groups is 2. The van der Waals surface area contributed by atoms with Crippen LogP contribution in [0.2, 0.25) is 0 Å². The minimum atomic E-state index is -1.90. The summed E-state index contributed by atoms with van der Waals surface area (Å²) in [7, 11) is 1.49. The quantitative estimate of drug-likeness (QED) is 0.00847. The number of fused-ring (bicyclic) bond motifs is 1. The fourth-order valence-electron chi connectivity index (χ4n) is 13.9. The third kappa shape index (κ3) is 42.9. The van der Waals surface area contributed by atoms with Gasteiger partial charge in [0.15, 0.2) is 23.8 Å². The van der Waals surface area contributed by atoms with Crippen LogP contribution in [0.15, 0.2) is 79.0 Å². The molecule has 0 aliphatic carbocycles. The number of phenols is 2. The Bertz CT molecular complexity index is 4630. The molecule has 0 saturated carbocycles. The number of benzene rings is 3. The number of carboxylic acid groups (broad SMARTS) is 2. The average Bonchev–Trinajstić information content (AvgIpc) is 1.67. The number of aromatic nitrogens is 1. The van der Waals surface area contributed by atoms with Crippen molar-refractivity contribution in [2.75, 3.05) is 63.9 Å². The van der Waals surface area contributed by atoms with Gasteiger partial charge in [-0.2, -0.15) is 0 Å². The number of unbranched alkanes of at least 4 members (excludes halogenated alkanes) is 3. The molecule has 135 heavy (non-hydrogen) atoms. The molecular formula is C84H132N30O19S2. The summed E-state index contributed by atoms with van der Waals surface area (Å²) >= 11 is 0. The SMILES string of the molecule is N=C(N)NCCC[C@H](NC(=O)[C@@H]1CSSC[C@H](NC(=O)[C@H](Cc2c[nH]c3ccccc23)NC(=O)[C@H](CCCNC(=N)N)NC(=O)[C@@H](N)CCC(=O)O)C(=O)N[C@@H](Cc2ccc(O)cc2)C(=O)N[C@@H](CCCNC(=N)N)C(=O)N[C@@H](CCCCN)C(=O)N[C@@H](CCCCN)C(=O)NCC(=O)N[C@@H](Cc2ccc(O)cc2)C(=O)N[C@@H](CCCNC(=N)N)C(=O)N[C@@H](CCCCN)C(=O)N1)C(=O)O. The number of aromatic amines is 1. The lowest BCUT2D eigenvalue weighted by Crippen LogP contribution is -2.61. The van der Waals surface area contributed by atoms with Gasteiger partial charge in [0.25, 0.3) is 0 Å². The molecule has 0 bridgehead atoms. The van der Waals surface area contributed by atoms with E-state index in [4.69, 9.17) is 67.5 Å². The highest BCUT2D eigenvalue weighted by Gasteiger charge is 2.39. The summed E-state index contributed by atoms with van der Waals surface area (Å²) in [5.74, 6) is -19.7. The summed E-state index contributed by atoms with van der Waals surface area (Å²) in [5, 5.41) is 117. The molecule has 0 radical (unpaired) electrons. The summed E-state index contributed by atoms with van der Waals surface area (Å²) in [5.41, 5.74) is 47.8. The molecule has 42 N–H and O–H groups in total. The van der Waals surface area contributed by atoms with Gasteiger partial charge in [-0.15, -0.1) is 0 Å². The van der Waals surface area contributed by atoms with Crippen LogP contribution in [0.5, 0.6) is 11.5 Å². The third-order valence-electron chi connectivity index (χ3n) is 21.2. The van der Waals surface area contributed by atoms with Gasteiger partial charge in [-0.3, -0.25) is 88.8 Å². The number of carbonyl (C=O) groups is 15. The van der Waals surface area contributed by atoms with Gasteiger partial charge >= 0.3 is 11.9 Å². The summed E-state index contributed by atoms with van der Waals surface area (Å²) in [4.78, 5) is 223. The van der Waals surface area contributed by atoms with Crippen LogP contribution in [0.3, 0.4) is 0 Å². The van der Waals surface area contributed by atoms with Gasteiger partial charge in [0.05, 0.1) is 12.6 Å². The lowest BCUT2D eigenvalue weighted by molar-refractivity contribution is -0.142. The molecule has 1 saturated heterocycles. The molecule has 744 valence electrons. The Morgan fingerprint density at radius 2 is 0.844 bits per heavy atom. The molecule has 1 fully saturated rings. The highest BCUT2D eigenvalue weighted by Crippen LogP contribution is 2.26. The maximum atomic E-state index is 15.9. The number of hydrogen-bond acceptors (Lipinski definition) is 27. The van der Waals surface area contributed by atoms with Gasteiger partial charge in [0, 0.05) is 80.5 Å². The van der Waals surface area contributed by atoms with E-state index in [1.54, 1.807) is 30.5 Å². The van der Waals surface area contributed by atoms with Gasteiger partial charge in [-0.1, -0.05) is 64.1 Å². The number of phenolic OH excluding ortho intramolecular Hbond substituents is 2. The molecule has 4 aromatic rings. The smallest absolute Gasteiger partial charge is 0.326 e. The number of guanidine groups is 4. The van der Waals surface area contributed by atoms with E-state index in [0.717, 1.165) is 21.6 Å². The molecule has 51 heteroatoms. The van der Waals surface area contributed by atoms with Gasteiger partial charge in [0.2, 0.25) is 76.8 Å². The van der Waals surface area contributed by atoms with Crippen molar-refractivity contribution in [2.45, 2.75) is 220 Å². The van der Waals surface area contributed by atoms with Gasteiger partial charge in [0.1, 0.15) is 84.0 Å². The lowest BCUT2D eigenvalue weighted by Gasteiger charge is -2.28. The van der Waals surface area contributed by atoms with Crippen LogP contribution in [0.1, 0.15) is 139 Å². The van der Waals surface area contributed by atoms with E-state index in [-0.39, 0.29) is 178 Å². The number of aliphatic carboxylic acids is 2. The largest absolute Gasteiger partial charge is 0.508 e. The van der Waals surface area contributed by atoms with E-state index < -0.39 is 222 Å². The second kappa shape index (κ2) is 60.6. The first-order valence-electron chi connectivity index (χ1n) is 44.3. The molecule has 1 aliphatic rings. The number of nitrogens with one attached hydrogen (secondary N) is 22. The van der Waals surface area contributed by atoms with Crippen LogP contribution in [0, 0.1) is 21.6 Å². The zero-order valence-corrected chi connectivity index (χ0v) is 76.6. The lowest BCUT2D eigenvalue weighted by atomic mass is 10.0. The van der Waals surface area contributed by atoms with Crippen molar-refractivity contribution in [3.8, 4) is 11.5 Å². The van der Waals surface area contributed by atoms with Crippen molar-refractivity contribution in [2.24, 2.45) is 45.9 Å². The molecule has 3 aromatic carbocycles. The Morgan fingerprint density at radius 1 is 0.437 bits per heavy atom. The maximum Gasteiger partial charge on any atom is 0.326 e. The topological polar surface area (TPSA) is 861 Å². The Kier molecular flexibility index (Phi) is 50.3. The van der Waals surface area contributed by atoms with E-state index in [2.05, 4.69) is 95.4 Å². The van der Waals surface area contributed by atoms with Crippen molar-refractivity contribution in [1.82, 2.24) is 95.4 Å². The van der Waals surface area contributed by atoms with Crippen LogP contribution in [-0.4, -0.2) is 280 Å². The number of carboxylic acids is 2. The first kappa shape index (κ1) is 112. The van der Waals surface area contributed by atoms with Crippen molar-refractivity contribution in [1.29, 1.82) is 21.6 Å². The van der Waals surface area contributed by atoms with Gasteiger partial charge < -0.3 is 162 Å². The molecule has 49 nitrogen and oxygen atoms in total. The molecule has 1 aliphatic heterocycles. The van der Waals surface area contributed by atoms with Crippen molar-refractivity contribution in [3.63, 3.8) is 0 Å². The zero-order valence-electron chi connectivity index (χ0n) is 75.0. The van der Waals surface area contributed by atoms with Crippen LogP contribution < -0.4 is 136 Å². The fraction of sp³-hybridized carbons (Fsp3) is 0.536. The summed E-state index contributed by atoms with van der Waals surface area (Å²) in [6, 6.07) is -3.77. The van der Waals surface area contributed by atoms with Crippen molar-refractivity contribution in [3.05, 3.63) is 95.7 Å². The minimum Gasteiger partial charge on any atom is -0.508 e. The molecular weight excluding hydrogens is 1800 g/mol. The van der Waals surface area contributed by atoms with Crippen LogP contribution in [0.4, 0.5) is 0 Å². The third-order valence-corrected chi connectivity index (χ3v) is 23.6. The fourth-order valence-corrected chi connectivity index (χ4v) is 16.2. The molecule has 2 heterocycles. The van der Waals surface area contributed by atoms with E-state index in [0.29, 0.717) is 34.9 Å². The second-order valence-electron chi connectivity index (χ2n) is 32.0. The first-order chi connectivity index (χ1) is 64.4. The highest BCUT2D eigenvalue weighted by atomic mass is 33.1. The molecule has 5 rings (SSSR count). The van der Waals surface area contributed by atoms with Crippen molar-refractivity contribution >= 4 is 145 Å². The van der Waals surface area contributed by atoms with Crippen LogP contribution >= 0.6 is 21.6 Å². The average molecular weight is 1930 g/mol. The number of amides is 13. The number of carbonyl (C=O) groups excluding carboxylic acids is 13. The van der Waals surface area contributed by atoms with Crippen molar-refractivity contribution < 1.29 is 92.3 Å². The number of para-hydroxylation sites is 1. The standard InChI is InChI=1S/C84H132N30O19S2/c85-32-6-3-15-54-69(121)102-43-66(117)103-61(39-46-22-26-49(115)27-23-46)75(127)108-58(19-10-36-98-82(91)92)71(123)107-56(17-5-8-34-87)74(126)113-64(78(130)110-60(80(132)133)21-12-38-100-84(95)96)44-134-135-45-65(79(131)111-62(40-47-24-28-50(116)29-25-47)76(128)109-59(20-11-37-99-83(93)94)72(124)106-55(70(122)105-54)16-4-7-33-86)114-77(129)63(41-48-42-101-53-14-2-1-13-51(48)53)112-73(125)57(18-9-35-97-81(89)90)104-68(120)52(88)30-31-67(118)119/h1-2,13-14,22-29,42,52,54-65,101,115-116H,3-12,15-21,30-41,43-45,85-88H2,(H,102,121)(H,103,117)(H,104,120)(H,105,122)(H,106,124)(H,107,123)(H,108,127)(H,109,128)(H,110,130)(H,111,131)(H,112,125)(H,113,126)(H,114,129)(H,118,119)(H,132,133)(H4,89,90,97)(H4,91,92,98)(H4,93,94,99)(H4,95,96,100)/t52-,54-,55-,56-,57-,58-,59-,60-,61-,62-,63-,64-,65-/m0/s1. The summed E-state index contributed by atoms with van der Waals surface area (Å²) < 4.78 is 0. The van der Waals surface area contributed by atoms with E-state index in [9.17, 15) is 58.8 Å². The van der Waals surface area contributed by atoms with Gasteiger partial charge in [-0.25, -0.2) is 4.79 Å². The monoisotopic (exact) mass is 1930 g/mol. The molecule has 0 spiro atoms. The Labute approximate surface area is 787 Å². The highest BCUT2D eigenvalue weighted by molar-refractivity contribution is 8.76. The minimum absolute atomic E-state index is 0.00223. The van der Waals surface area contributed by atoms with Gasteiger partial charge in [-0.05, 0) is 182 Å². The summed E-state index contributed by atoms with van der Waals surface area (Å²) in [6.45, 7) is -0.680. The number of nitrogens with two attached hydrogens (primary N) is 8. The van der Waals surface area contributed by atoms with E-state index >= 15 is 33.6 Å². The molecule has 13 atom stereocenters. The summed E-state index contributed by atoms with van der Waals surface area (Å²) in [6.07, 6.45) is -0.624. The van der Waals surface area contributed by atoms with E-state index in [1.165, 1.54) is 48.5 Å². The number of rotatable bonds is 46. The van der Waals surface area contributed by atoms with Crippen LogP contribution in [-0.2, 0) is 91.2 Å². The van der Waals surface area contributed by atoms with Crippen LogP contribution in [0.25, 0.3) is 10.9 Å². The molecule has 0 unspecified atom stereocenters. The first-order valence-corrected chi connectivity index (χ1v) is 46.8. The zero-order chi connectivity index (χ0) is 99.5. The second-order valence-corrected chi connectivity index (χ2v) is 34.6. The molecule has 1 aromatic heterocycles. The Morgan fingerprint density at radius 3 is 1.30 bits per heavy atom. The predicted octanol–water partition coefficient (Wildman–Crippen LogP) is -6.35. The Balaban J connectivity index is 1.81.